The Kier molecular flexibility index (Phi) is 6.66. The SMILES string of the molecule is COc1ccc(NC(=O)Nc2nc(CN(C)C(C)C)cs2)cc1C(F)(F)F. The van der Waals surface area contributed by atoms with E-state index in [1.54, 1.807) is 0 Å². The lowest BCUT2D eigenvalue weighted by Crippen LogP contribution is -2.25. The van der Waals surface area contributed by atoms with Gasteiger partial charge in [-0.2, -0.15) is 13.2 Å². The van der Waals surface area contributed by atoms with Crippen molar-refractivity contribution >= 4 is 28.2 Å². The minimum atomic E-state index is -4.59. The number of ether oxygens (including phenoxy) is 1. The highest BCUT2D eigenvalue weighted by Crippen LogP contribution is 2.37. The third-order valence-electron chi connectivity index (χ3n) is 3.83. The van der Waals surface area contributed by atoms with Gasteiger partial charge < -0.3 is 10.1 Å². The third-order valence-corrected chi connectivity index (χ3v) is 4.63. The maximum Gasteiger partial charge on any atom is 0.420 e. The van der Waals surface area contributed by atoms with Crippen LogP contribution in [-0.4, -0.2) is 36.1 Å². The predicted octanol–water partition coefficient (Wildman–Crippen LogP) is 4.65. The molecule has 0 aliphatic heterocycles. The molecule has 1 heterocycles. The molecule has 2 amide bonds. The van der Waals surface area contributed by atoms with E-state index in [9.17, 15) is 18.0 Å². The van der Waals surface area contributed by atoms with Gasteiger partial charge in [-0.15, -0.1) is 11.3 Å². The molecular weight excluding hydrogens is 381 g/mol. The Morgan fingerprint density at radius 1 is 1.33 bits per heavy atom. The standard InChI is InChI=1S/C17H21F3N4O2S/c1-10(2)24(3)8-12-9-27-16(22-12)23-15(25)21-11-5-6-14(26-4)13(7-11)17(18,19)20/h5-7,9-10H,8H2,1-4H3,(H2,21,22,23,25). The quantitative estimate of drug-likeness (QED) is 0.738. The summed E-state index contributed by atoms with van der Waals surface area (Å²) in [5.74, 6) is -0.313. The first-order chi connectivity index (χ1) is 12.6. The molecule has 0 bridgehead atoms. The van der Waals surface area contributed by atoms with Gasteiger partial charge in [0.1, 0.15) is 5.75 Å². The molecule has 0 spiro atoms. The average Bonchev–Trinajstić information content (AvgIpc) is 3.00. The number of hydrogen-bond donors (Lipinski definition) is 2. The van der Waals surface area contributed by atoms with Crippen LogP contribution in [0.5, 0.6) is 5.75 Å². The fraction of sp³-hybridized carbons (Fsp3) is 0.412. The van der Waals surface area contributed by atoms with E-state index in [1.807, 2.05) is 12.4 Å². The molecule has 148 valence electrons. The highest BCUT2D eigenvalue weighted by Gasteiger charge is 2.34. The fourth-order valence-corrected chi connectivity index (χ4v) is 2.84. The molecule has 0 saturated carbocycles. The van der Waals surface area contributed by atoms with Crippen molar-refractivity contribution in [1.29, 1.82) is 0 Å². The number of nitrogens with zero attached hydrogens (tertiary/aromatic N) is 2. The van der Waals surface area contributed by atoms with Crippen molar-refractivity contribution in [3.05, 3.63) is 34.8 Å². The van der Waals surface area contributed by atoms with Crippen molar-refractivity contribution in [2.24, 2.45) is 0 Å². The second-order valence-corrected chi connectivity index (χ2v) is 7.00. The third kappa shape index (κ3) is 5.83. The molecule has 1 aromatic heterocycles. The number of nitrogens with one attached hydrogen (secondary N) is 2. The van der Waals surface area contributed by atoms with Crippen LogP contribution in [-0.2, 0) is 12.7 Å². The van der Waals surface area contributed by atoms with Gasteiger partial charge in [-0.05, 0) is 39.1 Å². The number of alkyl halides is 3. The Morgan fingerprint density at radius 3 is 2.63 bits per heavy atom. The van der Waals surface area contributed by atoms with Gasteiger partial charge >= 0.3 is 12.2 Å². The molecule has 2 aromatic rings. The molecule has 2 rings (SSSR count). The van der Waals surface area contributed by atoms with Gasteiger partial charge in [-0.1, -0.05) is 0 Å². The summed E-state index contributed by atoms with van der Waals surface area (Å²) in [4.78, 5) is 18.5. The van der Waals surface area contributed by atoms with Crippen LogP contribution < -0.4 is 15.4 Å². The number of urea groups is 1. The zero-order valence-corrected chi connectivity index (χ0v) is 16.2. The number of carbonyl (C=O) groups is 1. The molecule has 0 aliphatic rings. The summed E-state index contributed by atoms with van der Waals surface area (Å²) in [7, 11) is 3.12. The summed E-state index contributed by atoms with van der Waals surface area (Å²) >= 11 is 1.25. The summed E-state index contributed by atoms with van der Waals surface area (Å²) in [6.45, 7) is 4.75. The van der Waals surface area contributed by atoms with E-state index in [0.717, 1.165) is 24.9 Å². The van der Waals surface area contributed by atoms with Crippen LogP contribution in [0.2, 0.25) is 0 Å². The Balaban J connectivity index is 2.03. The minimum Gasteiger partial charge on any atom is -0.496 e. The Bertz CT molecular complexity index is 793. The molecule has 0 unspecified atom stereocenters. The lowest BCUT2D eigenvalue weighted by Gasteiger charge is -2.19. The summed E-state index contributed by atoms with van der Waals surface area (Å²) in [6.07, 6.45) is -4.59. The normalized spacial score (nSPS) is 11.7. The van der Waals surface area contributed by atoms with E-state index >= 15 is 0 Å². The monoisotopic (exact) mass is 402 g/mol. The van der Waals surface area contributed by atoms with E-state index < -0.39 is 17.8 Å². The first-order valence-electron chi connectivity index (χ1n) is 8.08. The van der Waals surface area contributed by atoms with E-state index in [1.165, 1.54) is 17.4 Å². The van der Waals surface area contributed by atoms with Crippen molar-refractivity contribution in [2.45, 2.75) is 32.6 Å². The van der Waals surface area contributed by atoms with Crippen molar-refractivity contribution in [2.75, 3.05) is 24.8 Å². The van der Waals surface area contributed by atoms with Crippen LogP contribution >= 0.6 is 11.3 Å². The van der Waals surface area contributed by atoms with Crippen LogP contribution in [0.15, 0.2) is 23.6 Å². The smallest absolute Gasteiger partial charge is 0.420 e. The molecule has 1 aromatic carbocycles. The van der Waals surface area contributed by atoms with Crippen molar-refractivity contribution in [3.63, 3.8) is 0 Å². The summed E-state index contributed by atoms with van der Waals surface area (Å²) < 4.78 is 43.8. The fourth-order valence-electron chi connectivity index (χ4n) is 2.14. The number of hydrogen-bond acceptors (Lipinski definition) is 5. The van der Waals surface area contributed by atoms with Crippen LogP contribution in [0, 0.1) is 0 Å². The molecule has 0 aliphatic carbocycles. The molecule has 0 saturated heterocycles. The Morgan fingerprint density at radius 2 is 2.04 bits per heavy atom. The first-order valence-corrected chi connectivity index (χ1v) is 8.96. The molecule has 0 atom stereocenters. The van der Waals surface area contributed by atoms with E-state index in [-0.39, 0.29) is 11.4 Å². The second-order valence-electron chi connectivity index (χ2n) is 6.14. The lowest BCUT2D eigenvalue weighted by atomic mass is 10.1. The number of aromatic nitrogens is 1. The van der Waals surface area contributed by atoms with E-state index in [2.05, 4.69) is 34.4 Å². The summed E-state index contributed by atoms with van der Waals surface area (Å²) in [5.41, 5.74) is -0.164. The zero-order valence-electron chi connectivity index (χ0n) is 15.3. The topological polar surface area (TPSA) is 66.5 Å². The van der Waals surface area contributed by atoms with Gasteiger partial charge in [0.15, 0.2) is 5.13 Å². The summed E-state index contributed by atoms with van der Waals surface area (Å²) in [5, 5.41) is 7.09. The van der Waals surface area contributed by atoms with Gasteiger partial charge in [-0.25, -0.2) is 9.78 Å². The molecule has 10 heteroatoms. The number of rotatable bonds is 6. The zero-order chi connectivity index (χ0) is 20.2. The molecule has 0 fully saturated rings. The number of methoxy groups -OCH3 is 1. The first kappa shape index (κ1) is 21.0. The number of benzene rings is 1. The van der Waals surface area contributed by atoms with Gasteiger partial charge in [0.25, 0.3) is 0 Å². The van der Waals surface area contributed by atoms with Gasteiger partial charge in [-0.3, -0.25) is 10.2 Å². The molecule has 2 N–H and O–H groups in total. The van der Waals surface area contributed by atoms with E-state index in [0.29, 0.717) is 17.7 Å². The minimum absolute atomic E-state index is 0.00283. The number of carbonyl (C=O) groups excluding carboxylic acids is 1. The average molecular weight is 402 g/mol. The number of amides is 2. The number of anilines is 2. The van der Waals surface area contributed by atoms with Gasteiger partial charge in [0.2, 0.25) is 0 Å². The molecule has 6 nitrogen and oxygen atoms in total. The van der Waals surface area contributed by atoms with Gasteiger partial charge in [0, 0.05) is 23.7 Å². The molecule has 27 heavy (non-hydrogen) atoms. The van der Waals surface area contributed by atoms with Crippen LogP contribution in [0.4, 0.5) is 28.8 Å². The number of thiazole rings is 1. The van der Waals surface area contributed by atoms with Crippen LogP contribution in [0.25, 0.3) is 0 Å². The maximum absolute atomic E-state index is 13.0. The lowest BCUT2D eigenvalue weighted by molar-refractivity contribution is -0.138. The van der Waals surface area contributed by atoms with Crippen LogP contribution in [0.3, 0.4) is 0 Å². The Labute approximate surface area is 159 Å². The van der Waals surface area contributed by atoms with Crippen molar-refractivity contribution in [3.8, 4) is 5.75 Å². The highest BCUT2D eigenvalue weighted by atomic mass is 32.1. The largest absolute Gasteiger partial charge is 0.496 e. The molecular formula is C17H21F3N4O2S. The number of halogens is 3. The van der Waals surface area contributed by atoms with E-state index in [4.69, 9.17) is 4.74 Å². The van der Waals surface area contributed by atoms with Crippen molar-refractivity contribution in [1.82, 2.24) is 9.88 Å². The highest BCUT2D eigenvalue weighted by molar-refractivity contribution is 7.13. The Hall–Kier alpha value is -2.33. The maximum atomic E-state index is 13.0. The van der Waals surface area contributed by atoms with Crippen molar-refractivity contribution < 1.29 is 22.7 Å². The second kappa shape index (κ2) is 8.57. The van der Waals surface area contributed by atoms with Gasteiger partial charge in [0.05, 0.1) is 18.4 Å². The molecule has 0 radical (unpaired) electrons. The summed E-state index contributed by atoms with van der Waals surface area (Å²) in [6, 6.07) is 2.99. The van der Waals surface area contributed by atoms with Crippen LogP contribution in [0.1, 0.15) is 25.1 Å². The predicted molar refractivity (Wildman–Crippen MR) is 99.4 cm³/mol.